The topological polar surface area (TPSA) is 45.1 Å². The van der Waals surface area contributed by atoms with Crippen LogP contribution in [0.15, 0.2) is 30.3 Å². The van der Waals surface area contributed by atoms with Crippen LogP contribution in [0.1, 0.15) is 36.9 Å². The van der Waals surface area contributed by atoms with Crippen molar-refractivity contribution >= 4 is 10.9 Å². The quantitative estimate of drug-likeness (QED) is 0.906. The number of pyridine rings is 1. The summed E-state index contributed by atoms with van der Waals surface area (Å²) >= 11 is 0. The second-order valence-electron chi connectivity index (χ2n) is 6.22. The SMILES string of the molecule is Cc1ccc2cc(CNCC3CCCCC3O)ccc2n1. The molecule has 1 aliphatic rings. The fraction of sp³-hybridized carbons (Fsp3) is 0.500. The van der Waals surface area contributed by atoms with Gasteiger partial charge in [-0.3, -0.25) is 4.98 Å². The maximum atomic E-state index is 9.99. The lowest BCUT2D eigenvalue weighted by molar-refractivity contribution is 0.0695. The lowest BCUT2D eigenvalue weighted by atomic mass is 9.86. The van der Waals surface area contributed by atoms with Crippen molar-refractivity contribution in [3.63, 3.8) is 0 Å². The number of aliphatic hydroxyl groups excluding tert-OH is 1. The van der Waals surface area contributed by atoms with Crippen LogP contribution in [0.5, 0.6) is 0 Å². The first-order valence-corrected chi connectivity index (χ1v) is 7.97. The van der Waals surface area contributed by atoms with Crippen LogP contribution in [0.25, 0.3) is 10.9 Å². The highest BCUT2D eigenvalue weighted by Gasteiger charge is 2.22. The number of nitrogens with one attached hydrogen (secondary N) is 1. The number of fused-ring (bicyclic) bond motifs is 1. The third-order valence-corrected chi connectivity index (χ3v) is 4.50. The first-order chi connectivity index (χ1) is 10.2. The third kappa shape index (κ3) is 3.60. The summed E-state index contributed by atoms with van der Waals surface area (Å²) < 4.78 is 0. The molecule has 112 valence electrons. The Morgan fingerprint density at radius 2 is 2.05 bits per heavy atom. The van der Waals surface area contributed by atoms with E-state index in [2.05, 4.69) is 40.6 Å². The van der Waals surface area contributed by atoms with Gasteiger partial charge < -0.3 is 10.4 Å². The smallest absolute Gasteiger partial charge is 0.0705 e. The molecule has 3 nitrogen and oxygen atoms in total. The average Bonchev–Trinajstić information content (AvgIpc) is 2.49. The zero-order valence-electron chi connectivity index (χ0n) is 12.7. The lowest BCUT2D eigenvalue weighted by Gasteiger charge is -2.27. The zero-order valence-corrected chi connectivity index (χ0v) is 12.7. The van der Waals surface area contributed by atoms with Gasteiger partial charge in [0.1, 0.15) is 0 Å². The van der Waals surface area contributed by atoms with Gasteiger partial charge in [0.15, 0.2) is 0 Å². The Labute approximate surface area is 126 Å². The zero-order chi connectivity index (χ0) is 14.7. The standard InChI is InChI=1S/C18H24N2O/c1-13-6-8-15-10-14(7-9-17(15)20-13)11-19-12-16-4-2-3-5-18(16)21/h6-10,16,18-19,21H,2-5,11-12H2,1H3. The molecule has 1 aromatic heterocycles. The summed E-state index contributed by atoms with van der Waals surface area (Å²) in [6.07, 6.45) is 4.43. The summed E-state index contributed by atoms with van der Waals surface area (Å²) in [5.74, 6) is 0.420. The minimum Gasteiger partial charge on any atom is -0.393 e. The molecule has 0 radical (unpaired) electrons. The molecule has 2 aromatic rings. The number of rotatable bonds is 4. The highest BCUT2D eigenvalue weighted by atomic mass is 16.3. The summed E-state index contributed by atoms with van der Waals surface area (Å²) in [6, 6.07) is 10.6. The Kier molecular flexibility index (Phi) is 4.51. The molecular weight excluding hydrogens is 260 g/mol. The largest absolute Gasteiger partial charge is 0.393 e. The van der Waals surface area contributed by atoms with E-state index in [1.54, 1.807) is 0 Å². The maximum absolute atomic E-state index is 9.99. The monoisotopic (exact) mass is 284 g/mol. The van der Waals surface area contributed by atoms with E-state index in [4.69, 9.17) is 0 Å². The highest BCUT2D eigenvalue weighted by molar-refractivity contribution is 5.79. The van der Waals surface area contributed by atoms with Crippen LogP contribution < -0.4 is 5.32 Å². The van der Waals surface area contributed by atoms with Crippen molar-refractivity contribution in [2.75, 3.05) is 6.54 Å². The van der Waals surface area contributed by atoms with Gasteiger partial charge >= 0.3 is 0 Å². The van der Waals surface area contributed by atoms with E-state index in [0.717, 1.165) is 37.1 Å². The van der Waals surface area contributed by atoms with Gasteiger partial charge in [0, 0.05) is 24.2 Å². The van der Waals surface area contributed by atoms with Crippen molar-refractivity contribution < 1.29 is 5.11 Å². The Morgan fingerprint density at radius 1 is 1.19 bits per heavy atom. The second-order valence-corrected chi connectivity index (χ2v) is 6.22. The van der Waals surface area contributed by atoms with Crippen LogP contribution in [0, 0.1) is 12.8 Å². The Balaban J connectivity index is 1.59. The molecule has 21 heavy (non-hydrogen) atoms. The Morgan fingerprint density at radius 3 is 2.90 bits per heavy atom. The lowest BCUT2D eigenvalue weighted by Crippen LogP contribution is -2.33. The van der Waals surface area contributed by atoms with E-state index in [1.165, 1.54) is 23.8 Å². The molecule has 0 aliphatic heterocycles. The Bertz CT molecular complexity index is 611. The fourth-order valence-corrected chi connectivity index (χ4v) is 3.21. The maximum Gasteiger partial charge on any atom is 0.0705 e. The van der Waals surface area contributed by atoms with Crippen molar-refractivity contribution in [3.05, 3.63) is 41.6 Å². The van der Waals surface area contributed by atoms with Crippen LogP contribution in [0.3, 0.4) is 0 Å². The number of benzene rings is 1. The van der Waals surface area contributed by atoms with Crippen LogP contribution in [0.4, 0.5) is 0 Å². The summed E-state index contributed by atoms with van der Waals surface area (Å²) in [6.45, 7) is 3.78. The molecule has 1 aromatic carbocycles. The van der Waals surface area contributed by atoms with E-state index in [1.807, 2.05) is 6.92 Å². The van der Waals surface area contributed by atoms with Gasteiger partial charge in [-0.15, -0.1) is 0 Å². The molecule has 1 fully saturated rings. The minimum atomic E-state index is -0.116. The van der Waals surface area contributed by atoms with Gasteiger partial charge in [-0.05, 0) is 49.4 Å². The summed E-state index contributed by atoms with van der Waals surface area (Å²) in [4.78, 5) is 4.53. The molecule has 0 bridgehead atoms. The van der Waals surface area contributed by atoms with Gasteiger partial charge in [0.25, 0.3) is 0 Å². The molecule has 1 aliphatic carbocycles. The van der Waals surface area contributed by atoms with Gasteiger partial charge in [-0.2, -0.15) is 0 Å². The molecular formula is C18H24N2O. The molecule has 2 N–H and O–H groups in total. The molecule has 0 spiro atoms. The van der Waals surface area contributed by atoms with Crippen LogP contribution in [-0.4, -0.2) is 22.7 Å². The number of aromatic nitrogens is 1. The first-order valence-electron chi connectivity index (χ1n) is 7.97. The van der Waals surface area contributed by atoms with Crippen molar-refractivity contribution in [3.8, 4) is 0 Å². The summed E-state index contributed by atoms with van der Waals surface area (Å²) in [5, 5.41) is 14.7. The van der Waals surface area contributed by atoms with Crippen LogP contribution in [0.2, 0.25) is 0 Å². The van der Waals surface area contributed by atoms with E-state index in [-0.39, 0.29) is 6.10 Å². The molecule has 1 heterocycles. The van der Waals surface area contributed by atoms with Gasteiger partial charge in [-0.25, -0.2) is 0 Å². The number of aryl methyl sites for hydroxylation is 1. The van der Waals surface area contributed by atoms with Crippen molar-refractivity contribution in [2.24, 2.45) is 5.92 Å². The summed E-state index contributed by atoms with van der Waals surface area (Å²) in [7, 11) is 0. The summed E-state index contributed by atoms with van der Waals surface area (Å²) in [5.41, 5.74) is 3.39. The molecule has 2 unspecified atom stereocenters. The normalized spacial score (nSPS) is 22.6. The van der Waals surface area contributed by atoms with E-state index >= 15 is 0 Å². The van der Waals surface area contributed by atoms with Gasteiger partial charge in [0.05, 0.1) is 11.6 Å². The van der Waals surface area contributed by atoms with Crippen LogP contribution in [-0.2, 0) is 6.54 Å². The van der Waals surface area contributed by atoms with Crippen LogP contribution >= 0.6 is 0 Å². The molecule has 3 heteroatoms. The molecule has 2 atom stereocenters. The Hall–Kier alpha value is -1.45. The number of hydrogen-bond donors (Lipinski definition) is 2. The van der Waals surface area contributed by atoms with Gasteiger partial charge in [-0.1, -0.05) is 25.0 Å². The molecule has 3 rings (SSSR count). The fourth-order valence-electron chi connectivity index (χ4n) is 3.21. The number of nitrogens with zero attached hydrogens (tertiary/aromatic N) is 1. The van der Waals surface area contributed by atoms with E-state index in [0.29, 0.717) is 5.92 Å². The second kappa shape index (κ2) is 6.54. The van der Waals surface area contributed by atoms with E-state index in [9.17, 15) is 5.11 Å². The first kappa shape index (κ1) is 14.5. The van der Waals surface area contributed by atoms with E-state index < -0.39 is 0 Å². The number of aliphatic hydroxyl groups is 1. The highest BCUT2D eigenvalue weighted by Crippen LogP contribution is 2.23. The molecule has 0 saturated heterocycles. The van der Waals surface area contributed by atoms with Crippen molar-refractivity contribution in [1.29, 1.82) is 0 Å². The van der Waals surface area contributed by atoms with Crippen molar-refractivity contribution in [2.45, 2.75) is 45.3 Å². The number of hydrogen-bond acceptors (Lipinski definition) is 3. The average molecular weight is 284 g/mol. The minimum absolute atomic E-state index is 0.116. The molecule has 0 amide bonds. The predicted octanol–water partition coefficient (Wildman–Crippen LogP) is 3.18. The third-order valence-electron chi connectivity index (χ3n) is 4.50. The van der Waals surface area contributed by atoms with Gasteiger partial charge in [0.2, 0.25) is 0 Å². The van der Waals surface area contributed by atoms with Crippen molar-refractivity contribution in [1.82, 2.24) is 10.3 Å². The predicted molar refractivity (Wildman–Crippen MR) is 86.2 cm³/mol. The molecule has 1 saturated carbocycles.